The van der Waals surface area contributed by atoms with Gasteiger partial charge in [-0.15, -0.1) is 0 Å². The summed E-state index contributed by atoms with van der Waals surface area (Å²) in [5, 5.41) is 0. The van der Waals surface area contributed by atoms with Gasteiger partial charge in [-0.05, 0) is 20.3 Å². The second-order valence-corrected chi connectivity index (χ2v) is 5.25. The lowest BCUT2D eigenvalue weighted by atomic mass is 10.1. The average molecular weight is 240 g/mol. The molecule has 0 spiro atoms. The van der Waals surface area contributed by atoms with Crippen LogP contribution in [-0.2, 0) is 14.3 Å². The molecule has 2 aliphatic heterocycles. The zero-order chi connectivity index (χ0) is 12.6. The Kier molecular flexibility index (Phi) is 3.12. The van der Waals surface area contributed by atoms with Gasteiger partial charge in [0.2, 0.25) is 5.91 Å². The number of carbonyl (C=O) groups is 2. The van der Waals surface area contributed by atoms with E-state index in [4.69, 9.17) is 4.74 Å². The topological polar surface area (TPSA) is 49.9 Å². The fraction of sp³-hybridized carbons (Fsp3) is 0.833. The fourth-order valence-electron chi connectivity index (χ4n) is 2.52. The Hall–Kier alpha value is -1.10. The summed E-state index contributed by atoms with van der Waals surface area (Å²) >= 11 is 0. The van der Waals surface area contributed by atoms with Crippen molar-refractivity contribution in [3.05, 3.63) is 0 Å². The van der Waals surface area contributed by atoms with Crippen molar-refractivity contribution in [1.29, 1.82) is 0 Å². The van der Waals surface area contributed by atoms with Crippen molar-refractivity contribution in [2.45, 2.75) is 38.3 Å². The molecular weight excluding hydrogens is 220 g/mol. The molecule has 5 heteroatoms. The minimum Gasteiger partial charge on any atom is -0.369 e. The van der Waals surface area contributed by atoms with Gasteiger partial charge < -0.3 is 14.5 Å². The van der Waals surface area contributed by atoms with Crippen molar-refractivity contribution in [2.24, 2.45) is 0 Å². The van der Waals surface area contributed by atoms with E-state index in [1.807, 2.05) is 9.80 Å². The van der Waals surface area contributed by atoms with Crippen LogP contribution in [0.3, 0.4) is 0 Å². The molecule has 0 radical (unpaired) electrons. The summed E-state index contributed by atoms with van der Waals surface area (Å²) in [4.78, 5) is 27.5. The quantitative estimate of drug-likeness (QED) is 0.695. The van der Waals surface area contributed by atoms with E-state index in [0.717, 1.165) is 6.42 Å². The molecule has 17 heavy (non-hydrogen) atoms. The van der Waals surface area contributed by atoms with Gasteiger partial charge in [0.25, 0.3) is 5.91 Å². The molecule has 0 N–H and O–H groups in total. The summed E-state index contributed by atoms with van der Waals surface area (Å²) in [6.45, 7) is 5.49. The van der Waals surface area contributed by atoms with Crippen LogP contribution in [0.2, 0.25) is 0 Å². The molecule has 2 amide bonds. The monoisotopic (exact) mass is 240 g/mol. The van der Waals surface area contributed by atoms with Crippen LogP contribution in [0.15, 0.2) is 0 Å². The minimum absolute atomic E-state index is 0.0130. The van der Waals surface area contributed by atoms with E-state index in [9.17, 15) is 9.59 Å². The zero-order valence-corrected chi connectivity index (χ0v) is 10.7. The smallest absolute Gasteiger partial charge is 0.254 e. The van der Waals surface area contributed by atoms with Crippen LogP contribution in [-0.4, -0.2) is 60.0 Å². The third-order valence-corrected chi connectivity index (χ3v) is 3.81. The molecule has 2 heterocycles. The maximum atomic E-state index is 12.2. The molecule has 2 aliphatic rings. The van der Waals surface area contributed by atoms with Crippen molar-refractivity contribution in [1.82, 2.24) is 9.80 Å². The van der Waals surface area contributed by atoms with Gasteiger partial charge in [0.1, 0.15) is 5.60 Å². The number of hydrogen-bond acceptors (Lipinski definition) is 3. The van der Waals surface area contributed by atoms with E-state index in [0.29, 0.717) is 26.1 Å². The van der Waals surface area contributed by atoms with E-state index in [-0.39, 0.29) is 17.9 Å². The third kappa shape index (κ3) is 2.16. The van der Waals surface area contributed by atoms with Crippen molar-refractivity contribution in [3.63, 3.8) is 0 Å². The van der Waals surface area contributed by atoms with E-state index < -0.39 is 5.60 Å². The van der Waals surface area contributed by atoms with Gasteiger partial charge in [0, 0.05) is 39.2 Å². The number of nitrogens with zero attached hydrogens (tertiary/aromatic N) is 2. The Morgan fingerprint density at radius 1 is 1.41 bits per heavy atom. The van der Waals surface area contributed by atoms with Crippen LogP contribution in [0.25, 0.3) is 0 Å². The van der Waals surface area contributed by atoms with Crippen molar-refractivity contribution < 1.29 is 14.3 Å². The molecule has 2 saturated heterocycles. The van der Waals surface area contributed by atoms with Gasteiger partial charge in [-0.2, -0.15) is 0 Å². The maximum Gasteiger partial charge on any atom is 0.254 e. The lowest BCUT2D eigenvalue weighted by Crippen LogP contribution is -2.57. The summed E-state index contributed by atoms with van der Waals surface area (Å²) in [5.41, 5.74) is -0.773. The van der Waals surface area contributed by atoms with Crippen LogP contribution in [0, 0.1) is 0 Å². The summed E-state index contributed by atoms with van der Waals surface area (Å²) in [5.74, 6) is 0.243. The zero-order valence-electron chi connectivity index (χ0n) is 10.7. The van der Waals surface area contributed by atoms with Crippen molar-refractivity contribution in [3.8, 4) is 0 Å². The van der Waals surface area contributed by atoms with Gasteiger partial charge in [-0.1, -0.05) is 0 Å². The number of ether oxygens (including phenoxy) is 1. The van der Waals surface area contributed by atoms with Gasteiger partial charge in [-0.25, -0.2) is 0 Å². The Bertz CT molecular complexity index is 341. The largest absolute Gasteiger partial charge is 0.369 e. The molecule has 2 rings (SSSR count). The Balaban J connectivity index is 2.02. The van der Waals surface area contributed by atoms with Gasteiger partial charge in [-0.3, -0.25) is 9.59 Å². The highest BCUT2D eigenvalue weighted by Gasteiger charge is 2.40. The first-order chi connectivity index (χ1) is 7.95. The van der Waals surface area contributed by atoms with Gasteiger partial charge in [0.05, 0.1) is 0 Å². The molecule has 1 atom stereocenters. The number of rotatable bonds is 2. The first-order valence-electron chi connectivity index (χ1n) is 6.09. The third-order valence-electron chi connectivity index (χ3n) is 3.81. The van der Waals surface area contributed by atoms with E-state index in [1.54, 1.807) is 21.0 Å². The normalized spacial score (nSPS) is 25.1. The molecule has 0 aromatic heterocycles. The number of methoxy groups -OCH3 is 1. The van der Waals surface area contributed by atoms with Crippen LogP contribution >= 0.6 is 0 Å². The molecule has 0 aromatic carbocycles. The van der Waals surface area contributed by atoms with Gasteiger partial charge >= 0.3 is 0 Å². The van der Waals surface area contributed by atoms with Crippen LogP contribution in [0.1, 0.15) is 26.7 Å². The molecule has 0 bridgehead atoms. The van der Waals surface area contributed by atoms with Crippen molar-refractivity contribution in [2.75, 3.05) is 26.7 Å². The number of amides is 2. The predicted molar refractivity (Wildman–Crippen MR) is 62.4 cm³/mol. The number of fused-ring (bicyclic) bond motifs is 1. The summed E-state index contributed by atoms with van der Waals surface area (Å²) in [6, 6.07) is 0.216. The first-order valence-corrected chi connectivity index (χ1v) is 6.09. The molecule has 0 saturated carbocycles. The highest BCUT2D eigenvalue weighted by molar-refractivity contribution is 5.85. The molecule has 1 unspecified atom stereocenters. The molecule has 5 nitrogen and oxygen atoms in total. The number of carbonyl (C=O) groups excluding carboxylic acids is 2. The standard InChI is InChI=1S/C12H20N2O3/c1-12(2,17-3)11(16)13-6-7-14-9(8-13)4-5-10(14)15/h9H,4-8H2,1-3H3. The van der Waals surface area contributed by atoms with Gasteiger partial charge in [0.15, 0.2) is 0 Å². The van der Waals surface area contributed by atoms with E-state index in [1.165, 1.54) is 0 Å². The van der Waals surface area contributed by atoms with Crippen LogP contribution in [0.4, 0.5) is 0 Å². The highest BCUT2D eigenvalue weighted by Crippen LogP contribution is 2.24. The average Bonchev–Trinajstić information content (AvgIpc) is 2.69. The SMILES string of the molecule is COC(C)(C)C(=O)N1CCN2C(=O)CCC2C1. The first kappa shape index (κ1) is 12.4. The molecule has 96 valence electrons. The molecule has 0 aromatic rings. The molecule has 0 aliphatic carbocycles. The van der Waals surface area contributed by atoms with Crippen LogP contribution < -0.4 is 0 Å². The predicted octanol–water partition coefficient (Wildman–Crippen LogP) is 0.245. The number of piperazine rings is 1. The lowest BCUT2D eigenvalue weighted by molar-refractivity contribution is -0.155. The Labute approximate surface area is 102 Å². The highest BCUT2D eigenvalue weighted by atomic mass is 16.5. The van der Waals surface area contributed by atoms with E-state index in [2.05, 4.69) is 0 Å². The summed E-state index contributed by atoms with van der Waals surface area (Å²) in [6.07, 6.45) is 1.50. The summed E-state index contributed by atoms with van der Waals surface area (Å²) < 4.78 is 5.21. The van der Waals surface area contributed by atoms with Crippen molar-refractivity contribution >= 4 is 11.8 Å². The molecular formula is C12H20N2O3. The second-order valence-electron chi connectivity index (χ2n) is 5.25. The maximum absolute atomic E-state index is 12.2. The fourth-order valence-corrected chi connectivity index (χ4v) is 2.52. The summed E-state index contributed by atoms with van der Waals surface area (Å²) in [7, 11) is 1.55. The molecule has 2 fully saturated rings. The Morgan fingerprint density at radius 3 is 2.76 bits per heavy atom. The van der Waals surface area contributed by atoms with Crippen LogP contribution in [0.5, 0.6) is 0 Å². The number of hydrogen-bond donors (Lipinski definition) is 0. The van der Waals surface area contributed by atoms with E-state index >= 15 is 0 Å². The minimum atomic E-state index is -0.773. The lowest BCUT2D eigenvalue weighted by Gasteiger charge is -2.40. The second kappa shape index (κ2) is 4.29. The Morgan fingerprint density at radius 2 is 2.12 bits per heavy atom.